The van der Waals surface area contributed by atoms with Crippen LogP contribution in [-0.2, 0) is 0 Å². The highest BCUT2D eigenvalue weighted by atomic mass is 16.6. The number of pyridine rings is 1. The Morgan fingerprint density at radius 1 is 1.14 bits per heavy atom. The number of anilines is 3. The van der Waals surface area contributed by atoms with Crippen LogP contribution in [-0.4, -0.2) is 9.91 Å². The van der Waals surface area contributed by atoms with E-state index in [9.17, 15) is 10.1 Å². The number of nitrogens with two attached hydrogens (primary N) is 1. The zero-order valence-electron chi connectivity index (χ0n) is 11.0. The first-order valence-corrected chi connectivity index (χ1v) is 6.29. The second-order valence-electron chi connectivity index (χ2n) is 4.56. The summed E-state index contributed by atoms with van der Waals surface area (Å²) in [7, 11) is 0. The van der Waals surface area contributed by atoms with Gasteiger partial charge in [-0.1, -0.05) is 6.07 Å². The Labute approximate surface area is 120 Å². The molecule has 104 valence electrons. The van der Waals surface area contributed by atoms with E-state index in [1.807, 2.05) is 12.1 Å². The Morgan fingerprint density at radius 3 is 2.76 bits per heavy atom. The molecule has 6 heteroatoms. The van der Waals surface area contributed by atoms with E-state index in [0.29, 0.717) is 16.5 Å². The molecule has 0 saturated heterocycles. The Balaban J connectivity index is 2.12. The minimum Gasteiger partial charge on any atom is -0.399 e. The molecule has 0 radical (unpaired) electrons. The van der Waals surface area contributed by atoms with Gasteiger partial charge in [-0.3, -0.25) is 15.1 Å². The lowest BCUT2D eigenvalue weighted by Gasteiger charge is -2.10. The Morgan fingerprint density at radius 2 is 2.00 bits per heavy atom. The van der Waals surface area contributed by atoms with Crippen molar-refractivity contribution in [3.63, 3.8) is 0 Å². The van der Waals surface area contributed by atoms with E-state index in [1.54, 1.807) is 36.7 Å². The lowest BCUT2D eigenvalue weighted by Crippen LogP contribution is -1.96. The molecule has 0 fully saturated rings. The number of rotatable bonds is 3. The third-order valence-corrected chi connectivity index (χ3v) is 3.16. The van der Waals surface area contributed by atoms with Crippen molar-refractivity contribution >= 4 is 33.5 Å². The smallest absolute Gasteiger partial charge is 0.277 e. The average Bonchev–Trinajstić information content (AvgIpc) is 2.47. The topological polar surface area (TPSA) is 94.1 Å². The van der Waals surface area contributed by atoms with Gasteiger partial charge in [-0.05, 0) is 30.3 Å². The van der Waals surface area contributed by atoms with Gasteiger partial charge >= 0.3 is 0 Å². The number of nitrogen functional groups attached to an aromatic ring is 1. The highest BCUT2D eigenvalue weighted by molar-refractivity contribution is 6.00. The Hall–Kier alpha value is -3.15. The summed E-state index contributed by atoms with van der Waals surface area (Å²) in [5, 5.41) is 15.5. The molecule has 0 spiro atoms. The second kappa shape index (κ2) is 5.09. The molecule has 6 nitrogen and oxygen atoms in total. The SMILES string of the molecule is Nc1cccc(Nc2ccc([N+](=O)[O-])c3ccncc23)c1. The molecule has 0 bridgehead atoms. The van der Waals surface area contributed by atoms with Crippen LogP contribution < -0.4 is 11.1 Å². The summed E-state index contributed by atoms with van der Waals surface area (Å²) >= 11 is 0. The number of nitrogens with one attached hydrogen (secondary N) is 1. The monoisotopic (exact) mass is 280 g/mol. The van der Waals surface area contributed by atoms with E-state index in [-0.39, 0.29) is 5.69 Å². The lowest BCUT2D eigenvalue weighted by molar-refractivity contribution is -0.383. The number of fused-ring (bicyclic) bond motifs is 1. The van der Waals surface area contributed by atoms with E-state index in [1.165, 1.54) is 6.07 Å². The summed E-state index contributed by atoms with van der Waals surface area (Å²) < 4.78 is 0. The standard InChI is InChI=1S/C15H12N4O2/c16-10-2-1-3-11(8-10)18-14-4-5-15(19(20)21)12-6-7-17-9-13(12)14/h1-9,18H,16H2. The fraction of sp³-hybridized carbons (Fsp3) is 0. The zero-order chi connectivity index (χ0) is 14.8. The number of benzene rings is 2. The van der Waals surface area contributed by atoms with Gasteiger partial charge in [0.05, 0.1) is 10.3 Å². The minimum atomic E-state index is -0.396. The average molecular weight is 280 g/mol. The molecule has 1 heterocycles. The summed E-state index contributed by atoms with van der Waals surface area (Å²) in [6, 6.07) is 12.1. The highest BCUT2D eigenvalue weighted by Crippen LogP contribution is 2.32. The van der Waals surface area contributed by atoms with Gasteiger partial charge in [0, 0.05) is 40.9 Å². The van der Waals surface area contributed by atoms with Crippen LogP contribution in [0.4, 0.5) is 22.7 Å². The van der Waals surface area contributed by atoms with Crippen LogP contribution in [0.25, 0.3) is 10.8 Å². The van der Waals surface area contributed by atoms with Crippen molar-refractivity contribution in [2.45, 2.75) is 0 Å². The van der Waals surface area contributed by atoms with Crippen molar-refractivity contribution in [2.75, 3.05) is 11.1 Å². The van der Waals surface area contributed by atoms with E-state index < -0.39 is 4.92 Å². The number of hydrogen-bond acceptors (Lipinski definition) is 5. The van der Waals surface area contributed by atoms with E-state index in [0.717, 1.165) is 11.4 Å². The second-order valence-corrected chi connectivity index (χ2v) is 4.56. The number of nitro benzene ring substituents is 1. The molecule has 0 atom stereocenters. The molecule has 0 amide bonds. The van der Waals surface area contributed by atoms with Crippen molar-refractivity contribution in [3.05, 3.63) is 65.0 Å². The van der Waals surface area contributed by atoms with Crippen LogP contribution in [0.5, 0.6) is 0 Å². The van der Waals surface area contributed by atoms with Gasteiger partial charge in [-0.2, -0.15) is 0 Å². The largest absolute Gasteiger partial charge is 0.399 e. The van der Waals surface area contributed by atoms with Crippen LogP contribution in [0.3, 0.4) is 0 Å². The fourth-order valence-corrected chi connectivity index (χ4v) is 2.21. The van der Waals surface area contributed by atoms with Crippen molar-refractivity contribution in [1.82, 2.24) is 4.98 Å². The predicted molar refractivity (Wildman–Crippen MR) is 82.5 cm³/mol. The Bertz CT molecular complexity index is 833. The van der Waals surface area contributed by atoms with Crippen molar-refractivity contribution in [3.8, 4) is 0 Å². The summed E-state index contributed by atoms with van der Waals surface area (Å²) in [6.07, 6.45) is 3.15. The van der Waals surface area contributed by atoms with Gasteiger partial charge in [-0.25, -0.2) is 0 Å². The zero-order valence-corrected chi connectivity index (χ0v) is 11.0. The van der Waals surface area contributed by atoms with Crippen LogP contribution in [0.2, 0.25) is 0 Å². The normalized spacial score (nSPS) is 10.5. The van der Waals surface area contributed by atoms with Gasteiger partial charge in [0.1, 0.15) is 0 Å². The molecule has 0 unspecified atom stereocenters. The fourth-order valence-electron chi connectivity index (χ4n) is 2.21. The maximum Gasteiger partial charge on any atom is 0.277 e. The van der Waals surface area contributed by atoms with Gasteiger partial charge in [-0.15, -0.1) is 0 Å². The summed E-state index contributed by atoms with van der Waals surface area (Å²) in [4.78, 5) is 14.7. The molecule has 0 aliphatic carbocycles. The first-order chi connectivity index (χ1) is 10.1. The molecule has 3 aromatic rings. The van der Waals surface area contributed by atoms with Crippen LogP contribution in [0, 0.1) is 10.1 Å². The first-order valence-electron chi connectivity index (χ1n) is 6.29. The van der Waals surface area contributed by atoms with Gasteiger partial charge in [0.25, 0.3) is 5.69 Å². The molecule has 2 aromatic carbocycles. The number of nitrogens with zero attached hydrogens (tertiary/aromatic N) is 2. The minimum absolute atomic E-state index is 0.0607. The maximum absolute atomic E-state index is 11.1. The molecule has 21 heavy (non-hydrogen) atoms. The molecule has 3 N–H and O–H groups in total. The van der Waals surface area contributed by atoms with Gasteiger partial charge in [0.15, 0.2) is 0 Å². The van der Waals surface area contributed by atoms with Gasteiger partial charge < -0.3 is 11.1 Å². The van der Waals surface area contributed by atoms with Crippen LogP contribution in [0.1, 0.15) is 0 Å². The van der Waals surface area contributed by atoms with Crippen LogP contribution >= 0.6 is 0 Å². The first kappa shape index (κ1) is 12.9. The summed E-state index contributed by atoms with van der Waals surface area (Å²) in [6.45, 7) is 0. The number of hydrogen-bond donors (Lipinski definition) is 2. The molecule has 0 aliphatic rings. The molecular formula is C15H12N4O2. The summed E-state index contributed by atoms with van der Waals surface area (Å²) in [5.41, 5.74) is 8.01. The van der Waals surface area contributed by atoms with E-state index >= 15 is 0 Å². The van der Waals surface area contributed by atoms with E-state index in [4.69, 9.17) is 5.73 Å². The van der Waals surface area contributed by atoms with Crippen LogP contribution in [0.15, 0.2) is 54.9 Å². The number of nitro groups is 1. The van der Waals surface area contributed by atoms with Crippen molar-refractivity contribution < 1.29 is 4.92 Å². The molecule has 0 aliphatic heterocycles. The number of aromatic nitrogens is 1. The third kappa shape index (κ3) is 2.46. The summed E-state index contributed by atoms with van der Waals surface area (Å²) in [5.74, 6) is 0. The van der Waals surface area contributed by atoms with Gasteiger partial charge in [0.2, 0.25) is 0 Å². The molecule has 1 aromatic heterocycles. The molecule has 3 rings (SSSR count). The third-order valence-electron chi connectivity index (χ3n) is 3.16. The Kier molecular flexibility index (Phi) is 3.12. The molecular weight excluding hydrogens is 268 g/mol. The quantitative estimate of drug-likeness (QED) is 0.435. The lowest BCUT2D eigenvalue weighted by atomic mass is 10.1. The van der Waals surface area contributed by atoms with Crippen molar-refractivity contribution in [1.29, 1.82) is 0 Å². The molecule has 0 saturated carbocycles. The number of non-ortho nitro benzene ring substituents is 1. The predicted octanol–water partition coefficient (Wildman–Crippen LogP) is 3.47. The maximum atomic E-state index is 11.1. The van der Waals surface area contributed by atoms with E-state index in [2.05, 4.69) is 10.3 Å². The van der Waals surface area contributed by atoms with Crippen molar-refractivity contribution in [2.24, 2.45) is 0 Å². The highest BCUT2D eigenvalue weighted by Gasteiger charge is 2.14.